The molecule has 3 rings (SSSR count). The molecule has 3 N–H and O–H groups in total. The number of ketones is 2. The summed E-state index contributed by atoms with van der Waals surface area (Å²) in [4.78, 5) is 25.3. The van der Waals surface area contributed by atoms with Gasteiger partial charge in [-0.15, -0.1) is 0 Å². The molecule has 2 aromatic carbocycles. The van der Waals surface area contributed by atoms with Gasteiger partial charge in [0.1, 0.15) is 0 Å². The summed E-state index contributed by atoms with van der Waals surface area (Å²) >= 11 is 12.2. The second kappa shape index (κ2) is 4.76. The van der Waals surface area contributed by atoms with E-state index in [1.807, 2.05) is 0 Å². The van der Waals surface area contributed by atoms with Crippen LogP contribution < -0.4 is 11.1 Å². The first kappa shape index (κ1) is 13.9. The Labute approximate surface area is 130 Å². The Bertz CT molecular complexity index is 816. The summed E-state index contributed by atoms with van der Waals surface area (Å²) in [5, 5.41) is 3.03. The SMILES string of the molecule is CNc1c(Cl)c(Cl)c(N)c2c1C(=O)c1ccccc1C2=O. The minimum atomic E-state index is -0.326. The largest absolute Gasteiger partial charge is 0.397 e. The number of nitrogen functional groups attached to an aromatic ring is 1. The molecule has 0 saturated heterocycles. The third-order valence-electron chi connectivity index (χ3n) is 3.54. The molecule has 0 radical (unpaired) electrons. The molecule has 0 aromatic heterocycles. The van der Waals surface area contributed by atoms with Crippen LogP contribution in [0.25, 0.3) is 0 Å². The first-order valence-corrected chi connectivity index (χ1v) is 6.91. The van der Waals surface area contributed by atoms with Crippen molar-refractivity contribution in [3.05, 3.63) is 56.6 Å². The van der Waals surface area contributed by atoms with Gasteiger partial charge in [0, 0.05) is 18.2 Å². The molecular formula is C15H10Cl2N2O2. The Hall–Kier alpha value is -2.04. The molecule has 0 amide bonds. The number of carbonyl (C=O) groups excluding carboxylic acids is 2. The standard InChI is InChI=1S/C15H10Cl2N2O2/c1-19-13-9-8(12(18)10(16)11(13)17)14(20)6-4-2-3-5-7(6)15(9)21/h2-5,19H,18H2,1H3. The number of nitrogens with one attached hydrogen (secondary N) is 1. The Morgan fingerprint density at radius 3 is 2.00 bits per heavy atom. The summed E-state index contributed by atoms with van der Waals surface area (Å²) in [5.74, 6) is -0.623. The highest BCUT2D eigenvalue weighted by molar-refractivity contribution is 6.48. The van der Waals surface area contributed by atoms with E-state index in [2.05, 4.69) is 5.32 Å². The van der Waals surface area contributed by atoms with Crippen LogP contribution >= 0.6 is 23.2 Å². The Morgan fingerprint density at radius 1 is 0.952 bits per heavy atom. The summed E-state index contributed by atoms with van der Waals surface area (Å²) in [7, 11) is 1.60. The highest BCUT2D eigenvalue weighted by atomic mass is 35.5. The number of nitrogens with two attached hydrogens (primary N) is 1. The zero-order chi connectivity index (χ0) is 15.3. The maximum atomic E-state index is 12.7. The molecule has 0 fully saturated rings. The van der Waals surface area contributed by atoms with Crippen LogP contribution in [0, 0.1) is 0 Å². The van der Waals surface area contributed by atoms with Crippen molar-refractivity contribution in [3.8, 4) is 0 Å². The summed E-state index contributed by atoms with van der Waals surface area (Å²) in [5.41, 5.74) is 7.21. The van der Waals surface area contributed by atoms with Crippen LogP contribution in [-0.4, -0.2) is 18.6 Å². The lowest BCUT2D eigenvalue weighted by Gasteiger charge is -2.23. The van der Waals surface area contributed by atoms with E-state index in [4.69, 9.17) is 28.9 Å². The fourth-order valence-corrected chi connectivity index (χ4v) is 3.03. The predicted octanol–water partition coefficient (Wildman–Crippen LogP) is 3.39. The summed E-state index contributed by atoms with van der Waals surface area (Å²) in [6, 6.07) is 6.60. The van der Waals surface area contributed by atoms with Gasteiger partial charge < -0.3 is 11.1 Å². The van der Waals surface area contributed by atoms with Gasteiger partial charge in [-0.05, 0) is 0 Å². The van der Waals surface area contributed by atoms with Crippen molar-refractivity contribution in [1.82, 2.24) is 0 Å². The van der Waals surface area contributed by atoms with E-state index in [0.29, 0.717) is 16.8 Å². The minimum Gasteiger partial charge on any atom is -0.397 e. The van der Waals surface area contributed by atoms with Crippen LogP contribution in [0.3, 0.4) is 0 Å². The van der Waals surface area contributed by atoms with Crippen LogP contribution in [0.2, 0.25) is 10.0 Å². The van der Waals surface area contributed by atoms with E-state index in [1.54, 1.807) is 31.3 Å². The Morgan fingerprint density at radius 2 is 1.48 bits per heavy atom. The lowest BCUT2D eigenvalue weighted by molar-refractivity contribution is 0.0980. The third-order valence-corrected chi connectivity index (χ3v) is 4.41. The van der Waals surface area contributed by atoms with Crippen LogP contribution in [0.1, 0.15) is 31.8 Å². The van der Waals surface area contributed by atoms with Gasteiger partial charge >= 0.3 is 0 Å². The molecule has 1 aliphatic rings. The number of halogens is 2. The van der Waals surface area contributed by atoms with E-state index in [9.17, 15) is 9.59 Å². The van der Waals surface area contributed by atoms with Gasteiger partial charge in [-0.3, -0.25) is 9.59 Å². The number of benzene rings is 2. The lowest BCUT2D eigenvalue weighted by Crippen LogP contribution is -2.24. The molecule has 1 aliphatic carbocycles. The monoisotopic (exact) mass is 320 g/mol. The van der Waals surface area contributed by atoms with Crippen LogP contribution in [0.5, 0.6) is 0 Å². The van der Waals surface area contributed by atoms with Crippen molar-refractivity contribution in [1.29, 1.82) is 0 Å². The van der Waals surface area contributed by atoms with Crippen molar-refractivity contribution in [2.45, 2.75) is 0 Å². The van der Waals surface area contributed by atoms with Gasteiger partial charge in [-0.25, -0.2) is 0 Å². The second-order valence-electron chi connectivity index (χ2n) is 4.62. The number of fused-ring (bicyclic) bond motifs is 2. The van der Waals surface area contributed by atoms with E-state index in [0.717, 1.165) is 0 Å². The maximum absolute atomic E-state index is 12.7. The normalized spacial score (nSPS) is 12.9. The molecule has 21 heavy (non-hydrogen) atoms. The third kappa shape index (κ3) is 1.76. The second-order valence-corrected chi connectivity index (χ2v) is 5.38. The molecule has 0 atom stereocenters. The molecule has 0 spiro atoms. The van der Waals surface area contributed by atoms with Gasteiger partial charge in [-0.2, -0.15) is 0 Å². The zero-order valence-electron chi connectivity index (χ0n) is 11.0. The van der Waals surface area contributed by atoms with E-state index < -0.39 is 0 Å². The molecule has 0 aliphatic heterocycles. The highest BCUT2D eigenvalue weighted by Gasteiger charge is 2.35. The molecule has 106 valence electrons. The number of rotatable bonds is 1. The lowest BCUT2D eigenvalue weighted by atomic mass is 9.82. The first-order valence-electron chi connectivity index (χ1n) is 6.15. The average molecular weight is 321 g/mol. The quantitative estimate of drug-likeness (QED) is 0.674. The average Bonchev–Trinajstić information content (AvgIpc) is 2.50. The number of carbonyl (C=O) groups is 2. The fourth-order valence-electron chi connectivity index (χ4n) is 2.55. The van der Waals surface area contributed by atoms with Crippen LogP contribution in [-0.2, 0) is 0 Å². The summed E-state index contributed by atoms with van der Waals surface area (Å²) in [6.45, 7) is 0. The molecule has 0 saturated carbocycles. The molecule has 0 unspecified atom stereocenters. The van der Waals surface area contributed by atoms with E-state index in [1.165, 1.54) is 0 Å². The molecule has 2 aromatic rings. The van der Waals surface area contributed by atoms with Gasteiger partial charge in [0.15, 0.2) is 11.6 Å². The summed E-state index contributed by atoms with van der Waals surface area (Å²) in [6.07, 6.45) is 0. The topological polar surface area (TPSA) is 72.2 Å². The van der Waals surface area contributed by atoms with Gasteiger partial charge in [0.2, 0.25) is 0 Å². The maximum Gasteiger partial charge on any atom is 0.196 e. The van der Waals surface area contributed by atoms with Crippen molar-refractivity contribution in [3.63, 3.8) is 0 Å². The summed E-state index contributed by atoms with van der Waals surface area (Å²) < 4.78 is 0. The van der Waals surface area contributed by atoms with E-state index >= 15 is 0 Å². The van der Waals surface area contributed by atoms with E-state index in [-0.39, 0.29) is 38.4 Å². The molecule has 0 bridgehead atoms. The Balaban J connectivity index is 2.46. The van der Waals surface area contributed by atoms with Crippen LogP contribution in [0.4, 0.5) is 11.4 Å². The zero-order valence-corrected chi connectivity index (χ0v) is 12.5. The van der Waals surface area contributed by atoms with Crippen molar-refractivity contribution < 1.29 is 9.59 Å². The number of anilines is 2. The predicted molar refractivity (Wildman–Crippen MR) is 83.7 cm³/mol. The minimum absolute atomic E-state index is 0.0310. The van der Waals surface area contributed by atoms with Gasteiger partial charge in [-0.1, -0.05) is 47.5 Å². The Kier molecular flexibility index (Phi) is 3.15. The van der Waals surface area contributed by atoms with Crippen LogP contribution in [0.15, 0.2) is 24.3 Å². The molecule has 0 heterocycles. The highest BCUT2D eigenvalue weighted by Crippen LogP contribution is 2.44. The van der Waals surface area contributed by atoms with Crippen molar-refractivity contribution in [2.75, 3.05) is 18.1 Å². The van der Waals surface area contributed by atoms with Gasteiger partial charge in [0.25, 0.3) is 0 Å². The van der Waals surface area contributed by atoms with Crippen molar-refractivity contribution >= 4 is 46.1 Å². The molecular weight excluding hydrogens is 311 g/mol. The number of hydrogen-bond donors (Lipinski definition) is 2. The number of hydrogen-bond acceptors (Lipinski definition) is 4. The molecule has 4 nitrogen and oxygen atoms in total. The first-order chi connectivity index (χ1) is 9.99. The van der Waals surface area contributed by atoms with Crippen molar-refractivity contribution in [2.24, 2.45) is 0 Å². The van der Waals surface area contributed by atoms with Gasteiger partial charge in [0.05, 0.1) is 32.5 Å². The molecule has 6 heteroatoms. The smallest absolute Gasteiger partial charge is 0.196 e. The fraction of sp³-hybridized carbons (Fsp3) is 0.0667.